The van der Waals surface area contributed by atoms with Crippen molar-refractivity contribution < 1.29 is 80.2 Å². The fourth-order valence-electron chi connectivity index (χ4n) is 9.85. The summed E-state index contributed by atoms with van der Waals surface area (Å²) in [5.74, 6) is -2.40. The lowest BCUT2D eigenvalue weighted by atomic mass is 10.0. The lowest BCUT2D eigenvalue weighted by molar-refractivity contribution is -0.161. The molecule has 572 valence electrons. The molecule has 0 aliphatic carbocycles. The van der Waals surface area contributed by atoms with E-state index in [-0.39, 0.29) is 25.7 Å². The Morgan fingerprint density at radius 3 is 0.940 bits per heavy atom. The number of ether oxygens (including phenoxy) is 4. The molecule has 100 heavy (non-hydrogen) atoms. The van der Waals surface area contributed by atoms with E-state index in [2.05, 4.69) is 125 Å². The van der Waals surface area contributed by atoms with Crippen LogP contribution in [-0.4, -0.2) is 96.7 Å². The van der Waals surface area contributed by atoms with Gasteiger partial charge < -0.3 is 33.8 Å². The maximum atomic E-state index is 13.1. The van der Waals surface area contributed by atoms with Gasteiger partial charge in [0, 0.05) is 19.3 Å². The minimum absolute atomic E-state index is 0.0619. The van der Waals surface area contributed by atoms with Crippen LogP contribution in [0.25, 0.3) is 0 Å². The van der Waals surface area contributed by atoms with E-state index in [1.165, 1.54) is 89.9 Å². The molecule has 0 saturated carbocycles. The van der Waals surface area contributed by atoms with Gasteiger partial charge in [0.25, 0.3) is 0 Å². The number of hydrogen-bond donors (Lipinski definition) is 3. The fraction of sp³-hybridized carbons (Fsp3) is 0.679. The highest BCUT2D eigenvalue weighted by atomic mass is 31.2. The molecule has 0 amide bonds. The van der Waals surface area contributed by atoms with Gasteiger partial charge in [-0.3, -0.25) is 37.3 Å². The van der Waals surface area contributed by atoms with Gasteiger partial charge in [-0.15, -0.1) is 0 Å². The van der Waals surface area contributed by atoms with Crippen molar-refractivity contribution in [3.05, 3.63) is 134 Å². The Labute approximate surface area is 605 Å². The summed E-state index contributed by atoms with van der Waals surface area (Å²) in [6.45, 7) is 4.45. The molecular weight excluding hydrogens is 1310 g/mol. The second-order valence-electron chi connectivity index (χ2n) is 25.2. The van der Waals surface area contributed by atoms with E-state index in [1.807, 2.05) is 30.4 Å². The van der Waals surface area contributed by atoms with Gasteiger partial charge >= 0.3 is 39.5 Å². The molecule has 5 atom stereocenters. The van der Waals surface area contributed by atoms with E-state index in [1.54, 1.807) is 6.08 Å². The van der Waals surface area contributed by atoms with Crippen molar-refractivity contribution in [1.82, 2.24) is 0 Å². The molecule has 17 nitrogen and oxygen atoms in total. The number of allylic oxidation sites excluding steroid dienone is 21. The van der Waals surface area contributed by atoms with Crippen LogP contribution in [0.5, 0.6) is 0 Å². The predicted molar refractivity (Wildman–Crippen MR) is 408 cm³/mol. The first-order valence-corrected chi connectivity index (χ1v) is 41.4. The summed E-state index contributed by atoms with van der Waals surface area (Å²) >= 11 is 0. The number of esters is 4. The van der Waals surface area contributed by atoms with Crippen LogP contribution in [0.2, 0.25) is 0 Å². The zero-order chi connectivity index (χ0) is 73.2. The third kappa shape index (κ3) is 71.6. The van der Waals surface area contributed by atoms with Crippen LogP contribution in [0.4, 0.5) is 0 Å². The van der Waals surface area contributed by atoms with E-state index in [0.717, 1.165) is 122 Å². The summed E-state index contributed by atoms with van der Waals surface area (Å²) in [4.78, 5) is 72.8. The van der Waals surface area contributed by atoms with Gasteiger partial charge in [0.1, 0.15) is 19.3 Å². The second kappa shape index (κ2) is 72.5. The van der Waals surface area contributed by atoms with Gasteiger partial charge in [-0.05, 0) is 116 Å². The van der Waals surface area contributed by atoms with E-state index in [4.69, 9.17) is 37.0 Å². The number of hydrogen-bond acceptors (Lipinski definition) is 15. The third-order valence-corrected chi connectivity index (χ3v) is 17.5. The highest BCUT2D eigenvalue weighted by molar-refractivity contribution is 7.47. The number of phosphoric acid groups is 2. The zero-order valence-electron chi connectivity index (χ0n) is 62.3. The summed E-state index contributed by atoms with van der Waals surface area (Å²) in [6.07, 6.45) is 80.5. The maximum absolute atomic E-state index is 13.1. The maximum Gasteiger partial charge on any atom is 0.472 e. The molecule has 0 rings (SSSR count). The first kappa shape index (κ1) is 95.2. The molecule has 0 radical (unpaired) electrons. The average Bonchev–Trinajstić information content (AvgIpc) is 1.06. The van der Waals surface area contributed by atoms with Gasteiger partial charge in [0.15, 0.2) is 12.2 Å². The van der Waals surface area contributed by atoms with Crippen molar-refractivity contribution in [2.75, 3.05) is 39.6 Å². The van der Waals surface area contributed by atoms with E-state index < -0.39 is 97.5 Å². The van der Waals surface area contributed by atoms with Crippen LogP contribution in [0.15, 0.2) is 134 Å². The number of aliphatic hydroxyl groups is 1. The molecule has 0 aliphatic rings. The van der Waals surface area contributed by atoms with E-state index in [9.17, 15) is 43.2 Å². The number of aliphatic hydroxyl groups excluding tert-OH is 1. The lowest BCUT2D eigenvalue weighted by Crippen LogP contribution is -2.30. The van der Waals surface area contributed by atoms with Crippen molar-refractivity contribution in [3.63, 3.8) is 0 Å². The molecule has 0 fully saturated rings. The van der Waals surface area contributed by atoms with Crippen molar-refractivity contribution in [3.8, 4) is 0 Å². The number of phosphoric ester groups is 2. The summed E-state index contributed by atoms with van der Waals surface area (Å²) in [7, 11) is -9.99. The van der Waals surface area contributed by atoms with Crippen molar-refractivity contribution in [1.29, 1.82) is 0 Å². The predicted octanol–water partition coefficient (Wildman–Crippen LogP) is 22.1. The Morgan fingerprint density at radius 1 is 0.300 bits per heavy atom. The van der Waals surface area contributed by atoms with Gasteiger partial charge in [-0.2, -0.15) is 0 Å². The SMILES string of the molecule is CC/C=C\C/C=C\C/C=C\C/C=C\C/C=C\CCCC(=O)OCC(COP(=O)(O)OCC(O)COP(=O)(O)OCC(COC(=O)C/C=C\C/C=C\C/C=C\C/C=C\C/C=C\CC)OC(=O)CCCCCCC/C=C\CCCCCC)OC(=O)CCCCCCCCCCCCCCCCC. The zero-order valence-corrected chi connectivity index (χ0v) is 64.1. The standard InChI is InChI=1S/C81H136O17P2/c1-5-9-13-17-21-25-29-33-36-37-40-43-46-50-54-58-62-66-79(84)92-72-77(98-81(86)68-64-60-56-52-48-44-39-35-31-27-23-19-15-11-7-3)74-96-100(89,90)94-70-75(82)69-93-99(87,88)95-73-76(97-80(85)67-63-59-55-51-47-41-32-28-24-20-16-12-8-4)71-91-78(83)65-61-57-53-49-45-42-38-34-30-26-22-18-14-10-6-2/h9-10,13-14,21-22,25-26,28,32-34,36,38,40,43,45,49-50,54,57,61,75-77,82H,5-8,11-12,15-20,23-24,27,29-31,35,37,39,41-42,44,46-48,51-53,55-56,58-60,62-74H2,1-4H3,(H,87,88)(H,89,90)/b13-9-,14-10-,25-21-,26-22-,32-28-,36-33-,38-34-,43-40-,49-45-,54-50-,61-57-. The number of rotatable bonds is 71. The quantitative estimate of drug-likeness (QED) is 0.0169. The Hall–Kier alpha value is -4.80. The molecule has 0 aromatic carbocycles. The Balaban J connectivity index is 5.46. The number of unbranched alkanes of at least 4 members (excludes halogenated alkanes) is 24. The van der Waals surface area contributed by atoms with Crippen LogP contribution < -0.4 is 0 Å². The number of carbonyl (C=O) groups is 4. The van der Waals surface area contributed by atoms with Crippen molar-refractivity contribution >= 4 is 39.5 Å². The fourth-order valence-corrected chi connectivity index (χ4v) is 11.4. The largest absolute Gasteiger partial charge is 0.472 e. The molecule has 5 unspecified atom stereocenters. The molecule has 0 aromatic heterocycles. The summed E-state index contributed by atoms with van der Waals surface area (Å²) in [5, 5.41) is 10.6. The molecule has 0 aliphatic heterocycles. The van der Waals surface area contributed by atoms with E-state index >= 15 is 0 Å². The monoisotopic (exact) mass is 1440 g/mol. The smallest absolute Gasteiger partial charge is 0.462 e. The van der Waals surface area contributed by atoms with E-state index in [0.29, 0.717) is 32.1 Å². The Morgan fingerprint density at radius 2 is 0.570 bits per heavy atom. The molecule has 0 saturated heterocycles. The molecule has 0 spiro atoms. The topological polar surface area (TPSA) is 237 Å². The van der Waals surface area contributed by atoms with Crippen LogP contribution >= 0.6 is 15.6 Å². The summed E-state index contributed by atoms with van der Waals surface area (Å²) < 4.78 is 68.3. The summed E-state index contributed by atoms with van der Waals surface area (Å²) in [5.41, 5.74) is 0. The average molecular weight is 1440 g/mol. The van der Waals surface area contributed by atoms with Crippen molar-refractivity contribution in [2.24, 2.45) is 0 Å². The minimum atomic E-state index is -5.00. The van der Waals surface area contributed by atoms with Crippen LogP contribution in [-0.2, 0) is 65.4 Å². The number of carbonyl (C=O) groups excluding carboxylic acids is 4. The van der Waals surface area contributed by atoms with Crippen LogP contribution in [0.1, 0.15) is 297 Å². The molecule has 3 N–H and O–H groups in total. The first-order valence-electron chi connectivity index (χ1n) is 38.4. The molecule has 0 aromatic rings. The molecule has 0 heterocycles. The first-order chi connectivity index (χ1) is 48.7. The van der Waals surface area contributed by atoms with Crippen LogP contribution in [0.3, 0.4) is 0 Å². The van der Waals surface area contributed by atoms with Gasteiger partial charge in [-0.25, -0.2) is 9.13 Å². The molecule has 19 heteroatoms. The van der Waals surface area contributed by atoms with Crippen LogP contribution in [0, 0.1) is 0 Å². The van der Waals surface area contributed by atoms with Gasteiger partial charge in [0.05, 0.1) is 32.8 Å². The van der Waals surface area contributed by atoms with Crippen molar-refractivity contribution in [2.45, 2.75) is 316 Å². The minimum Gasteiger partial charge on any atom is -0.462 e. The summed E-state index contributed by atoms with van der Waals surface area (Å²) in [6, 6.07) is 0. The Kier molecular flexibility index (Phi) is 69.1. The highest BCUT2D eigenvalue weighted by Gasteiger charge is 2.30. The molecular formula is C81H136O17P2. The normalized spacial score (nSPS) is 14.7. The lowest BCUT2D eigenvalue weighted by Gasteiger charge is -2.21. The second-order valence-corrected chi connectivity index (χ2v) is 28.1. The third-order valence-electron chi connectivity index (χ3n) is 15.6. The van der Waals surface area contributed by atoms with Gasteiger partial charge in [0.2, 0.25) is 0 Å². The highest BCUT2D eigenvalue weighted by Crippen LogP contribution is 2.45. The molecule has 0 bridgehead atoms. The van der Waals surface area contributed by atoms with Gasteiger partial charge in [-0.1, -0.05) is 290 Å². The Bertz CT molecular complexity index is 2420.